The molecule has 0 unspecified atom stereocenters. The number of aromatic nitrogens is 3. The Balaban J connectivity index is 1.81. The zero-order valence-electron chi connectivity index (χ0n) is 11.9. The molecule has 0 saturated carbocycles. The van der Waals surface area contributed by atoms with E-state index in [1.807, 2.05) is 47.3 Å². The molecule has 0 spiro atoms. The number of anilines is 1. The Morgan fingerprint density at radius 1 is 1.23 bits per heavy atom. The average molecular weight is 291 g/mol. The van der Waals surface area contributed by atoms with Crippen LogP contribution >= 0.6 is 0 Å². The third kappa shape index (κ3) is 2.47. The SMILES string of the molecule is Cn1ncc(C#N)c1NC(=O)c1ccc(-n2cccc2)cc1. The lowest BCUT2D eigenvalue weighted by molar-refractivity contribution is 0.102. The van der Waals surface area contributed by atoms with Crippen molar-refractivity contribution in [2.75, 3.05) is 5.32 Å². The summed E-state index contributed by atoms with van der Waals surface area (Å²) >= 11 is 0. The van der Waals surface area contributed by atoms with Crippen molar-refractivity contribution in [1.29, 1.82) is 5.26 Å². The zero-order valence-corrected chi connectivity index (χ0v) is 11.9. The summed E-state index contributed by atoms with van der Waals surface area (Å²) in [7, 11) is 1.67. The minimum atomic E-state index is -0.279. The van der Waals surface area contributed by atoms with Crippen LogP contribution in [0.2, 0.25) is 0 Å². The summed E-state index contributed by atoms with van der Waals surface area (Å²) in [6, 6.07) is 13.1. The first-order valence-electron chi connectivity index (χ1n) is 6.66. The van der Waals surface area contributed by atoms with Crippen molar-refractivity contribution in [2.45, 2.75) is 0 Å². The van der Waals surface area contributed by atoms with E-state index in [1.54, 1.807) is 19.2 Å². The Kier molecular flexibility index (Phi) is 3.46. The van der Waals surface area contributed by atoms with Crippen LogP contribution in [0.1, 0.15) is 15.9 Å². The summed E-state index contributed by atoms with van der Waals surface area (Å²) in [5, 5.41) is 15.7. The molecule has 0 atom stereocenters. The average Bonchev–Trinajstić information content (AvgIpc) is 3.18. The van der Waals surface area contributed by atoms with E-state index in [0.29, 0.717) is 16.9 Å². The Morgan fingerprint density at radius 2 is 1.91 bits per heavy atom. The molecular weight excluding hydrogens is 278 g/mol. The molecule has 0 aliphatic rings. The number of nitriles is 1. The predicted octanol–water partition coefficient (Wildman–Crippen LogP) is 2.33. The quantitative estimate of drug-likeness (QED) is 0.804. The third-order valence-electron chi connectivity index (χ3n) is 3.32. The summed E-state index contributed by atoms with van der Waals surface area (Å²) in [6.07, 6.45) is 5.29. The molecule has 1 N–H and O–H groups in total. The standard InChI is InChI=1S/C16H13N5O/c1-20-15(13(10-17)11-18-20)19-16(22)12-4-6-14(7-5-12)21-8-2-3-9-21/h2-9,11H,1H3,(H,19,22). The highest BCUT2D eigenvalue weighted by molar-refractivity contribution is 6.04. The van der Waals surface area contributed by atoms with Crippen LogP contribution in [0.3, 0.4) is 0 Å². The second kappa shape index (κ2) is 5.58. The van der Waals surface area contributed by atoms with Crippen LogP contribution in [-0.2, 0) is 7.05 Å². The van der Waals surface area contributed by atoms with Crippen molar-refractivity contribution in [2.24, 2.45) is 7.05 Å². The van der Waals surface area contributed by atoms with Gasteiger partial charge in [0, 0.05) is 30.7 Å². The molecule has 0 aliphatic heterocycles. The molecule has 1 amide bonds. The van der Waals surface area contributed by atoms with Crippen LogP contribution in [0.25, 0.3) is 5.69 Å². The van der Waals surface area contributed by atoms with Gasteiger partial charge in [-0.3, -0.25) is 9.48 Å². The van der Waals surface area contributed by atoms with Gasteiger partial charge in [0.1, 0.15) is 17.5 Å². The smallest absolute Gasteiger partial charge is 0.256 e. The first-order chi connectivity index (χ1) is 10.7. The molecule has 3 rings (SSSR count). The van der Waals surface area contributed by atoms with Crippen LogP contribution in [0, 0.1) is 11.3 Å². The largest absolute Gasteiger partial charge is 0.324 e. The number of nitrogens with one attached hydrogen (secondary N) is 1. The second-order valence-electron chi connectivity index (χ2n) is 4.73. The normalized spacial score (nSPS) is 10.2. The summed E-state index contributed by atoms with van der Waals surface area (Å²) in [5.74, 6) is 0.112. The maximum atomic E-state index is 12.3. The Labute approximate surface area is 127 Å². The zero-order chi connectivity index (χ0) is 15.5. The number of carbonyl (C=O) groups is 1. The van der Waals surface area contributed by atoms with Crippen LogP contribution in [0.15, 0.2) is 55.0 Å². The number of amides is 1. The van der Waals surface area contributed by atoms with Crippen molar-refractivity contribution >= 4 is 11.7 Å². The number of carbonyl (C=O) groups excluding carboxylic acids is 1. The fourth-order valence-corrected chi connectivity index (χ4v) is 2.14. The molecule has 0 fully saturated rings. The fourth-order valence-electron chi connectivity index (χ4n) is 2.14. The van der Waals surface area contributed by atoms with Crippen LogP contribution in [0.5, 0.6) is 0 Å². The molecule has 3 aromatic rings. The van der Waals surface area contributed by atoms with Gasteiger partial charge in [-0.2, -0.15) is 10.4 Å². The first kappa shape index (κ1) is 13.6. The molecule has 0 bridgehead atoms. The van der Waals surface area contributed by atoms with E-state index in [9.17, 15) is 4.79 Å². The maximum absolute atomic E-state index is 12.3. The van der Waals surface area contributed by atoms with Crippen molar-refractivity contribution < 1.29 is 4.79 Å². The molecule has 2 aromatic heterocycles. The van der Waals surface area contributed by atoms with Crippen LogP contribution < -0.4 is 5.32 Å². The highest BCUT2D eigenvalue weighted by atomic mass is 16.1. The lowest BCUT2D eigenvalue weighted by atomic mass is 10.2. The molecule has 0 saturated heterocycles. The van der Waals surface area contributed by atoms with Gasteiger partial charge in [-0.05, 0) is 36.4 Å². The number of hydrogen-bond acceptors (Lipinski definition) is 3. The fraction of sp³-hybridized carbons (Fsp3) is 0.0625. The van der Waals surface area contributed by atoms with E-state index in [2.05, 4.69) is 10.4 Å². The van der Waals surface area contributed by atoms with Gasteiger partial charge in [-0.15, -0.1) is 0 Å². The summed E-state index contributed by atoms with van der Waals surface area (Å²) in [4.78, 5) is 12.3. The lowest BCUT2D eigenvalue weighted by Gasteiger charge is -2.07. The van der Waals surface area contributed by atoms with Crippen LogP contribution in [0.4, 0.5) is 5.82 Å². The van der Waals surface area contributed by atoms with Gasteiger partial charge in [0.15, 0.2) is 0 Å². The van der Waals surface area contributed by atoms with Gasteiger partial charge in [-0.25, -0.2) is 0 Å². The number of aryl methyl sites for hydroxylation is 1. The molecule has 0 aliphatic carbocycles. The van der Waals surface area contributed by atoms with Gasteiger partial charge >= 0.3 is 0 Å². The molecule has 22 heavy (non-hydrogen) atoms. The predicted molar refractivity (Wildman–Crippen MR) is 81.6 cm³/mol. The highest BCUT2D eigenvalue weighted by Gasteiger charge is 2.13. The summed E-state index contributed by atoms with van der Waals surface area (Å²) < 4.78 is 3.42. The van der Waals surface area contributed by atoms with Crippen molar-refractivity contribution in [3.8, 4) is 11.8 Å². The Bertz CT molecular complexity index is 838. The topological polar surface area (TPSA) is 75.6 Å². The molecule has 0 radical (unpaired) electrons. The Hall–Kier alpha value is -3.33. The Morgan fingerprint density at radius 3 is 2.55 bits per heavy atom. The van der Waals surface area contributed by atoms with Crippen molar-refractivity contribution in [1.82, 2.24) is 14.3 Å². The minimum absolute atomic E-state index is 0.279. The molecule has 1 aromatic carbocycles. The number of nitrogens with zero attached hydrogens (tertiary/aromatic N) is 4. The lowest BCUT2D eigenvalue weighted by Crippen LogP contribution is -2.15. The first-order valence-corrected chi connectivity index (χ1v) is 6.66. The van der Waals surface area contributed by atoms with Crippen LogP contribution in [-0.4, -0.2) is 20.3 Å². The van der Waals surface area contributed by atoms with E-state index in [4.69, 9.17) is 5.26 Å². The third-order valence-corrected chi connectivity index (χ3v) is 3.32. The van der Waals surface area contributed by atoms with E-state index in [1.165, 1.54) is 10.9 Å². The number of hydrogen-bond donors (Lipinski definition) is 1. The molecule has 2 heterocycles. The van der Waals surface area contributed by atoms with Gasteiger partial charge in [0.25, 0.3) is 5.91 Å². The van der Waals surface area contributed by atoms with Gasteiger partial charge < -0.3 is 9.88 Å². The maximum Gasteiger partial charge on any atom is 0.256 e. The molecular formula is C16H13N5O. The monoisotopic (exact) mass is 291 g/mol. The van der Waals surface area contributed by atoms with Gasteiger partial charge in [0.05, 0.1) is 6.20 Å². The number of rotatable bonds is 3. The summed E-state index contributed by atoms with van der Waals surface area (Å²) in [5.41, 5.74) is 1.82. The van der Waals surface area contributed by atoms with E-state index < -0.39 is 0 Å². The molecule has 6 nitrogen and oxygen atoms in total. The van der Waals surface area contributed by atoms with E-state index in [-0.39, 0.29) is 5.91 Å². The minimum Gasteiger partial charge on any atom is -0.324 e. The van der Waals surface area contributed by atoms with Gasteiger partial charge in [0.2, 0.25) is 0 Å². The van der Waals surface area contributed by atoms with E-state index in [0.717, 1.165) is 5.69 Å². The highest BCUT2D eigenvalue weighted by Crippen LogP contribution is 2.15. The van der Waals surface area contributed by atoms with Crippen molar-refractivity contribution in [3.63, 3.8) is 0 Å². The van der Waals surface area contributed by atoms with Crippen molar-refractivity contribution in [3.05, 3.63) is 66.1 Å². The van der Waals surface area contributed by atoms with Gasteiger partial charge in [-0.1, -0.05) is 0 Å². The van der Waals surface area contributed by atoms with E-state index >= 15 is 0 Å². The molecule has 6 heteroatoms. The summed E-state index contributed by atoms with van der Waals surface area (Å²) in [6.45, 7) is 0. The second-order valence-corrected chi connectivity index (χ2v) is 4.73. The number of benzene rings is 1. The molecule has 108 valence electrons.